The summed E-state index contributed by atoms with van der Waals surface area (Å²) in [5.41, 5.74) is 0. The van der Waals surface area contributed by atoms with Crippen LogP contribution in [0.4, 0.5) is 0 Å². The van der Waals surface area contributed by atoms with Gasteiger partial charge in [0.1, 0.15) is 0 Å². The van der Waals surface area contributed by atoms with Crippen molar-refractivity contribution in [3.05, 3.63) is 0 Å². The monoisotopic (exact) mass is 240 g/mol. The Hall–Kier alpha value is -0.570. The highest BCUT2D eigenvalue weighted by Crippen LogP contribution is 2.25. The third-order valence-electron chi connectivity index (χ3n) is 3.88. The number of nitrogens with one attached hydrogen (secondary N) is 1. The number of amides is 1. The molecule has 0 aromatic rings. The molecule has 2 atom stereocenters. The van der Waals surface area contributed by atoms with Gasteiger partial charge in [-0.2, -0.15) is 0 Å². The van der Waals surface area contributed by atoms with E-state index in [0.717, 1.165) is 38.4 Å². The molecular formula is C14H28N2O. The molecule has 0 aromatic carbocycles. The van der Waals surface area contributed by atoms with E-state index >= 15 is 0 Å². The van der Waals surface area contributed by atoms with Crippen LogP contribution < -0.4 is 5.32 Å². The highest BCUT2D eigenvalue weighted by molar-refractivity contribution is 5.76. The fourth-order valence-electron chi connectivity index (χ4n) is 2.71. The molecule has 17 heavy (non-hydrogen) atoms. The molecule has 0 spiro atoms. The lowest BCUT2D eigenvalue weighted by molar-refractivity contribution is -0.131. The smallest absolute Gasteiger partial charge is 0.222 e. The Morgan fingerprint density at radius 3 is 2.65 bits per heavy atom. The Bertz CT molecular complexity index is 240. The van der Waals surface area contributed by atoms with Gasteiger partial charge in [0.15, 0.2) is 0 Å². The maximum atomic E-state index is 12.0. The second kappa shape index (κ2) is 7.00. The lowest BCUT2D eigenvalue weighted by Gasteiger charge is -2.25. The van der Waals surface area contributed by atoms with E-state index in [0.29, 0.717) is 17.7 Å². The first-order valence-corrected chi connectivity index (χ1v) is 6.97. The molecule has 0 aromatic heterocycles. The van der Waals surface area contributed by atoms with Crippen LogP contribution in [0.3, 0.4) is 0 Å². The summed E-state index contributed by atoms with van der Waals surface area (Å²) in [6.45, 7) is 9.59. The normalized spacial score (nSPS) is 23.9. The summed E-state index contributed by atoms with van der Waals surface area (Å²) in [6.07, 6.45) is 3.00. The first-order chi connectivity index (χ1) is 8.04. The van der Waals surface area contributed by atoms with Crippen LogP contribution in [0, 0.1) is 17.8 Å². The van der Waals surface area contributed by atoms with Crippen molar-refractivity contribution in [2.24, 2.45) is 17.8 Å². The van der Waals surface area contributed by atoms with E-state index in [-0.39, 0.29) is 0 Å². The lowest BCUT2D eigenvalue weighted by atomic mass is 9.89. The van der Waals surface area contributed by atoms with Gasteiger partial charge in [-0.25, -0.2) is 0 Å². The van der Waals surface area contributed by atoms with E-state index in [1.807, 2.05) is 7.05 Å². The number of hydrogen-bond acceptors (Lipinski definition) is 2. The van der Waals surface area contributed by atoms with Gasteiger partial charge in [0, 0.05) is 19.5 Å². The number of likely N-dealkylation sites (tertiary alicyclic amines) is 1. The minimum Gasteiger partial charge on any atom is -0.342 e. The Kier molecular flexibility index (Phi) is 5.96. The van der Waals surface area contributed by atoms with Crippen molar-refractivity contribution in [2.45, 2.75) is 40.0 Å². The van der Waals surface area contributed by atoms with Gasteiger partial charge in [-0.05, 0) is 44.2 Å². The summed E-state index contributed by atoms with van der Waals surface area (Å²) >= 11 is 0. The molecule has 1 aliphatic heterocycles. The van der Waals surface area contributed by atoms with Crippen molar-refractivity contribution >= 4 is 5.91 Å². The summed E-state index contributed by atoms with van der Waals surface area (Å²) in [4.78, 5) is 14.1. The molecule has 1 fully saturated rings. The van der Waals surface area contributed by atoms with Gasteiger partial charge < -0.3 is 10.2 Å². The number of rotatable bonds is 5. The Morgan fingerprint density at radius 2 is 2.06 bits per heavy atom. The molecule has 3 heteroatoms. The van der Waals surface area contributed by atoms with E-state index < -0.39 is 0 Å². The second-order valence-electron chi connectivity index (χ2n) is 5.83. The highest BCUT2D eigenvalue weighted by atomic mass is 16.2. The predicted octanol–water partition coefficient (Wildman–Crippen LogP) is 2.13. The number of nitrogens with zero attached hydrogens (tertiary/aromatic N) is 1. The molecule has 100 valence electrons. The summed E-state index contributed by atoms with van der Waals surface area (Å²) in [5, 5.41) is 3.18. The maximum absolute atomic E-state index is 12.0. The van der Waals surface area contributed by atoms with Gasteiger partial charge in [-0.15, -0.1) is 0 Å². The third-order valence-corrected chi connectivity index (χ3v) is 3.88. The summed E-state index contributed by atoms with van der Waals surface area (Å²) in [5.74, 6) is 2.33. The van der Waals surface area contributed by atoms with Crippen LogP contribution in [0.5, 0.6) is 0 Å². The SMILES string of the molecule is CNCC(C)CN1CCC(C(C)C)CCC1=O. The van der Waals surface area contributed by atoms with E-state index in [1.165, 1.54) is 6.42 Å². The molecule has 1 saturated heterocycles. The topological polar surface area (TPSA) is 32.3 Å². The Balaban J connectivity index is 2.47. The first-order valence-electron chi connectivity index (χ1n) is 6.97. The van der Waals surface area contributed by atoms with Gasteiger partial charge in [0.25, 0.3) is 0 Å². The van der Waals surface area contributed by atoms with Crippen LogP contribution >= 0.6 is 0 Å². The molecule has 3 nitrogen and oxygen atoms in total. The first kappa shape index (κ1) is 14.5. The molecule has 0 aliphatic carbocycles. The molecule has 0 radical (unpaired) electrons. The van der Waals surface area contributed by atoms with Crippen molar-refractivity contribution in [1.82, 2.24) is 10.2 Å². The summed E-state index contributed by atoms with van der Waals surface area (Å²) in [6, 6.07) is 0. The largest absolute Gasteiger partial charge is 0.342 e. The van der Waals surface area contributed by atoms with Gasteiger partial charge in [0.05, 0.1) is 0 Å². The van der Waals surface area contributed by atoms with Crippen molar-refractivity contribution in [3.63, 3.8) is 0 Å². The van der Waals surface area contributed by atoms with Gasteiger partial charge >= 0.3 is 0 Å². The van der Waals surface area contributed by atoms with Crippen LogP contribution in [-0.4, -0.2) is 37.5 Å². The minimum absolute atomic E-state index is 0.358. The zero-order valence-corrected chi connectivity index (χ0v) is 11.8. The van der Waals surface area contributed by atoms with Crippen molar-refractivity contribution in [1.29, 1.82) is 0 Å². The fourth-order valence-corrected chi connectivity index (χ4v) is 2.71. The standard InChI is InChI=1S/C14H28N2O/c1-11(2)13-5-6-14(17)16(8-7-13)10-12(3)9-15-4/h11-13,15H,5-10H2,1-4H3. The summed E-state index contributed by atoms with van der Waals surface area (Å²) in [7, 11) is 1.97. The zero-order chi connectivity index (χ0) is 12.8. The second-order valence-corrected chi connectivity index (χ2v) is 5.83. The van der Waals surface area contributed by atoms with E-state index in [1.54, 1.807) is 0 Å². The predicted molar refractivity (Wildman–Crippen MR) is 71.8 cm³/mol. The molecule has 1 heterocycles. The Labute approximate surface area is 106 Å². The fraction of sp³-hybridized carbons (Fsp3) is 0.929. The lowest BCUT2D eigenvalue weighted by Crippen LogP contribution is -2.36. The van der Waals surface area contributed by atoms with Crippen molar-refractivity contribution < 1.29 is 4.79 Å². The zero-order valence-electron chi connectivity index (χ0n) is 11.8. The molecule has 1 aliphatic rings. The number of carbonyl (C=O) groups excluding carboxylic acids is 1. The van der Waals surface area contributed by atoms with Gasteiger partial charge in [0.2, 0.25) is 5.91 Å². The van der Waals surface area contributed by atoms with Crippen LogP contribution in [0.25, 0.3) is 0 Å². The van der Waals surface area contributed by atoms with E-state index in [2.05, 4.69) is 31.0 Å². The highest BCUT2D eigenvalue weighted by Gasteiger charge is 2.24. The Morgan fingerprint density at radius 1 is 1.35 bits per heavy atom. The van der Waals surface area contributed by atoms with Crippen LogP contribution in [-0.2, 0) is 4.79 Å². The van der Waals surface area contributed by atoms with Gasteiger partial charge in [-0.1, -0.05) is 20.8 Å². The van der Waals surface area contributed by atoms with Crippen LogP contribution in [0.1, 0.15) is 40.0 Å². The molecule has 1 rings (SSSR count). The van der Waals surface area contributed by atoms with E-state index in [4.69, 9.17) is 0 Å². The minimum atomic E-state index is 0.358. The molecule has 0 bridgehead atoms. The number of hydrogen-bond donors (Lipinski definition) is 1. The molecule has 1 N–H and O–H groups in total. The molecule has 1 amide bonds. The van der Waals surface area contributed by atoms with Gasteiger partial charge in [-0.3, -0.25) is 4.79 Å². The average Bonchev–Trinajstić information content (AvgIpc) is 2.43. The molecule has 2 unspecified atom stereocenters. The molecule has 0 saturated carbocycles. The van der Waals surface area contributed by atoms with Crippen molar-refractivity contribution in [3.8, 4) is 0 Å². The average molecular weight is 240 g/mol. The van der Waals surface area contributed by atoms with E-state index in [9.17, 15) is 4.79 Å². The quantitative estimate of drug-likeness (QED) is 0.798. The number of carbonyl (C=O) groups is 1. The maximum Gasteiger partial charge on any atom is 0.222 e. The van der Waals surface area contributed by atoms with Crippen molar-refractivity contribution in [2.75, 3.05) is 26.7 Å². The third kappa shape index (κ3) is 4.66. The summed E-state index contributed by atoms with van der Waals surface area (Å²) < 4.78 is 0. The van der Waals surface area contributed by atoms with Crippen LogP contribution in [0.15, 0.2) is 0 Å². The molecular weight excluding hydrogens is 212 g/mol. The van der Waals surface area contributed by atoms with Crippen LogP contribution in [0.2, 0.25) is 0 Å².